The number of hydrogen-bond donors (Lipinski definition) is 1. The first kappa shape index (κ1) is 44.1. The molecule has 0 saturated carbocycles. The van der Waals surface area contributed by atoms with Crippen LogP contribution in [0.15, 0.2) is 0 Å². The number of hydrogen-bond acceptors (Lipinski definition) is 4. The van der Waals surface area contributed by atoms with Gasteiger partial charge in [-0.3, -0.25) is 0 Å². The molecule has 0 bridgehead atoms. The zero-order valence-electron chi connectivity index (χ0n) is 31.0. The molecule has 0 aromatic heterocycles. The maximum Gasteiger partial charge on any atom is 0.388 e. The van der Waals surface area contributed by atoms with Crippen LogP contribution < -0.4 is 0 Å². The fraction of sp³-hybridized carbons (Fsp3) is 0.950. The molecule has 1 amide bonds. The maximum absolute atomic E-state index is 12.9. The lowest BCUT2D eigenvalue weighted by Crippen LogP contribution is -2.53. The molecule has 5 heteroatoms. The Labute approximate surface area is 281 Å². The molecule has 0 aliphatic heterocycles. The molecule has 0 spiro atoms. The van der Waals surface area contributed by atoms with Crippen LogP contribution in [0.2, 0.25) is 0 Å². The van der Waals surface area contributed by atoms with Gasteiger partial charge in [0.25, 0.3) is 0 Å². The Bertz CT molecular complexity index is 652. The highest BCUT2D eigenvalue weighted by Gasteiger charge is 2.41. The van der Waals surface area contributed by atoms with E-state index in [0.29, 0.717) is 0 Å². The van der Waals surface area contributed by atoms with Crippen molar-refractivity contribution in [2.24, 2.45) is 5.92 Å². The molecule has 0 saturated heterocycles. The Morgan fingerprint density at radius 3 is 1.02 bits per heavy atom. The van der Waals surface area contributed by atoms with E-state index in [2.05, 4.69) is 13.8 Å². The van der Waals surface area contributed by atoms with Crippen LogP contribution in [0, 0.1) is 5.92 Å². The van der Waals surface area contributed by atoms with Crippen molar-refractivity contribution in [3.63, 3.8) is 0 Å². The SMILES string of the molecule is CCCCCCCCCCCCCCCCCC(=O)O[N+](O)(CC(C)C)C(=O)CCCCCCCCCCCCCCCCC. The Kier molecular flexibility index (Phi) is 32.3. The molecule has 0 aliphatic carbocycles. The minimum Gasteiger partial charge on any atom is -0.245 e. The van der Waals surface area contributed by atoms with E-state index >= 15 is 0 Å². The number of carbonyl (C=O) groups is 2. The van der Waals surface area contributed by atoms with Gasteiger partial charge in [-0.25, -0.2) is 14.4 Å². The van der Waals surface area contributed by atoms with E-state index in [0.717, 1.165) is 38.5 Å². The second kappa shape index (κ2) is 33.0. The van der Waals surface area contributed by atoms with Crippen LogP contribution in [-0.2, 0) is 14.4 Å². The molecule has 5 nitrogen and oxygen atoms in total. The van der Waals surface area contributed by atoms with Gasteiger partial charge in [0.1, 0.15) is 0 Å². The third-order valence-electron chi connectivity index (χ3n) is 9.23. The number of hydroxylamine groups is 4. The molecule has 1 N–H and O–H groups in total. The van der Waals surface area contributed by atoms with Crippen LogP contribution >= 0.6 is 0 Å². The van der Waals surface area contributed by atoms with E-state index < -0.39 is 10.8 Å². The molecule has 0 aromatic rings. The number of unbranched alkanes of at least 4 members (excludes halogenated alkanes) is 28. The average Bonchev–Trinajstić information content (AvgIpc) is 3.00. The molecule has 45 heavy (non-hydrogen) atoms. The summed E-state index contributed by atoms with van der Waals surface area (Å²) in [4.78, 5) is 29.7. The molecule has 0 radical (unpaired) electrons. The van der Waals surface area contributed by atoms with Crippen LogP contribution in [0.3, 0.4) is 0 Å². The summed E-state index contributed by atoms with van der Waals surface area (Å²) in [6.07, 6.45) is 38.7. The normalized spacial score (nSPS) is 12.9. The van der Waals surface area contributed by atoms with Gasteiger partial charge in [-0.05, 0) is 12.8 Å². The molecular weight excluding hydrogens is 558 g/mol. The van der Waals surface area contributed by atoms with Crippen molar-refractivity contribution in [2.75, 3.05) is 6.54 Å². The summed E-state index contributed by atoms with van der Waals surface area (Å²) in [7, 11) is 0. The van der Waals surface area contributed by atoms with Crippen molar-refractivity contribution in [1.82, 2.24) is 0 Å². The van der Waals surface area contributed by atoms with Gasteiger partial charge in [0.15, 0.2) is 6.54 Å². The molecule has 0 aliphatic rings. The van der Waals surface area contributed by atoms with E-state index in [1.807, 2.05) is 13.8 Å². The first-order valence-electron chi connectivity index (χ1n) is 20.2. The van der Waals surface area contributed by atoms with E-state index in [-0.39, 0.29) is 31.2 Å². The molecule has 0 aromatic carbocycles. The van der Waals surface area contributed by atoms with E-state index in [1.54, 1.807) is 0 Å². The van der Waals surface area contributed by atoms with Crippen molar-refractivity contribution < 1.29 is 24.4 Å². The van der Waals surface area contributed by atoms with Gasteiger partial charge in [-0.15, -0.1) is 0 Å². The first-order valence-corrected chi connectivity index (χ1v) is 20.2. The highest BCUT2D eigenvalue weighted by molar-refractivity contribution is 5.72. The van der Waals surface area contributed by atoms with Gasteiger partial charge >= 0.3 is 11.9 Å². The van der Waals surface area contributed by atoms with Gasteiger partial charge in [-0.1, -0.05) is 207 Å². The lowest BCUT2D eigenvalue weighted by Gasteiger charge is -2.25. The predicted molar refractivity (Wildman–Crippen MR) is 192 cm³/mol. The number of quaternary nitrogens is 1. The minimum atomic E-state index is -1.19. The quantitative estimate of drug-likeness (QED) is 0.0330. The largest absolute Gasteiger partial charge is 0.388 e. The zero-order chi connectivity index (χ0) is 33.3. The van der Waals surface area contributed by atoms with E-state index in [4.69, 9.17) is 4.84 Å². The van der Waals surface area contributed by atoms with Crippen molar-refractivity contribution in [3.8, 4) is 0 Å². The Hall–Kier alpha value is -0.940. The first-order chi connectivity index (χ1) is 21.9. The fourth-order valence-electron chi connectivity index (χ4n) is 6.36. The highest BCUT2D eigenvalue weighted by Crippen LogP contribution is 2.19. The third kappa shape index (κ3) is 30.2. The summed E-state index contributed by atoms with van der Waals surface area (Å²) >= 11 is 0. The van der Waals surface area contributed by atoms with E-state index in [9.17, 15) is 14.8 Å². The number of nitrogens with zero attached hydrogens (tertiary/aromatic N) is 1. The van der Waals surface area contributed by atoms with Gasteiger partial charge in [0.2, 0.25) is 0 Å². The zero-order valence-corrected chi connectivity index (χ0v) is 31.0. The molecule has 0 heterocycles. The third-order valence-corrected chi connectivity index (χ3v) is 9.23. The van der Waals surface area contributed by atoms with Crippen molar-refractivity contribution in [2.45, 2.75) is 233 Å². The van der Waals surface area contributed by atoms with Crippen molar-refractivity contribution >= 4 is 11.9 Å². The lowest BCUT2D eigenvalue weighted by atomic mass is 10.0. The summed E-state index contributed by atoms with van der Waals surface area (Å²) in [6.45, 7) is 8.53. The summed E-state index contributed by atoms with van der Waals surface area (Å²) in [6, 6.07) is 0. The van der Waals surface area contributed by atoms with Crippen LogP contribution in [-0.4, -0.2) is 28.4 Å². The molecule has 1 atom stereocenters. The Morgan fingerprint density at radius 1 is 0.467 bits per heavy atom. The monoisotopic (exact) mass is 639 g/mol. The number of rotatable bonds is 34. The maximum atomic E-state index is 12.9. The second-order valence-corrected chi connectivity index (χ2v) is 14.5. The van der Waals surface area contributed by atoms with Crippen LogP contribution in [0.4, 0.5) is 0 Å². The van der Waals surface area contributed by atoms with Crippen molar-refractivity contribution in [1.29, 1.82) is 0 Å². The molecule has 268 valence electrons. The Balaban J connectivity index is 3.87. The summed E-state index contributed by atoms with van der Waals surface area (Å²) in [5, 5.41) is 11.0. The smallest absolute Gasteiger partial charge is 0.245 e. The van der Waals surface area contributed by atoms with Crippen LogP contribution in [0.1, 0.15) is 233 Å². The lowest BCUT2D eigenvalue weighted by molar-refractivity contribution is -1.18. The van der Waals surface area contributed by atoms with Crippen molar-refractivity contribution in [3.05, 3.63) is 0 Å². The van der Waals surface area contributed by atoms with Crippen LogP contribution in [0.25, 0.3) is 0 Å². The molecule has 0 fully saturated rings. The van der Waals surface area contributed by atoms with Gasteiger partial charge in [0.05, 0.1) is 17.7 Å². The number of amides is 1. The minimum absolute atomic E-state index is 0.0404. The standard InChI is InChI=1S/C40H80NO4/c1-5-7-9-11-13-15-17-19-21-23-25-27-29-31-33-35-39(42)41(44,37-38(3)4)45-40(43)36-34-32-30-28-26-24-22-20-18-16-14-12-10-8-6-2/h38,44H,5-37H2,1-4H3/q+1. The van der Waals surface area contributed by atoms with Crippen LogP contribution in [0.5, 0.6) is 0 Å². The average molecular weight is 639 g/mol. The number of carbonyl (C=O) groups excluding carboxylic acids is 2. The summed E-state index contributed by atoms with van der Waals surface area (Å²) in [5.74, 6) is -0.806. The highest BCUT2D eigenvalue weighted by atomic mass is 16.9. The van der Waals surface area contributed by atoms with Gasteiger partial charge in [-0.2, -0.15) is 5.21 Å². The summed E-state index contributed by atoms with van der Waals surface area (Å²) < 4.78 is 0. The predicted octanol–water partition coefficient (Wildman–Crippen LogP) is 13.4. The fourth-order valence-corrected chi connectivity index (χ4v) is 6.36. The van der Waals surface area contributed by atoms with Gasteiger partial charge in [0, 0.05) is 5.92 Å². The second-order valence-electron chi connectivity index (χ2n) is 14.5. The Morgan fingerprint density at radius 2 is 0.733 bits per heavy atom. The topological polar surface area (TPSA) is 63.6 Å². The molecule has 0 rings (SSSR count). The molecule has 1 unspecified atom stereocenters. The summed E-state index contributed by atoms with van der Waals surface area (Å²) in [5.41, 5.74) is 0. The molecular formula is C40H80NO4+. The van der Waals surface area contributed by atoms with Gasteiger partial charge < -0.3 is 0 Å². The van der Waals surface area contributed by atoms with E-state index in [1.165, 1.54) is 154 Å².